The zero-order chi connectivity index (χ0) is 15.6. The van der Waals surface area contributed by atoms with Gasteiger partial charge in [0, 0.05) is 22.3 Å². The van der Waals surface area contributed by atoms with Gasteiger partial charge in [-0.15, -0.1) is 0 Å². The molecule has 0 fully saturated rings. The number of nitrogens with zero attached hydrogens (tertiary/aromatic N) is 2. The van der Waals surface area contributed by atoms with Gasteiger partial charge < -0.3 is 15.0 Å². The van der Waals surface area contributed by atoms with Crippen molar-refractivity contribution in [2.75, 3.05) is 12.3 Å². The Kier molecular flexibility index (Phi) is 4.68. The van der Waals surface area contributed by atoms with E-state index in [9.17, 15) is 0 Å². The zero-order valence-corrected chi connectivity index (χ0v) is 14.3. The maximum absolute atomic E-state index is 5.78. The van der Waals surface area contributed by atoms with Crippen molar-refractivity contribution in [2.45, 2.75) is 33.8 Å². The van der Waals surface area contributed by atoms with Gasteiger partial charge in [-0.05, 0) is 46.5 Å². The van der Waals surface area contributed by atoms with Crippen molar-refractivity contribution in [3.63, 3.8) is 0 Å². The molecule has 0 spiro atoms. The summed E-state index contributed by atoms with van der Waals surface area (Å²) >= 11 is 3.40. The first kappa shape index (κ1) is 16.0. The molecule has 0 bridgehead atoms. The standard InChI is InChI=1S/C15H20BrN3O2/c1-5-20-12(15(2,3)4)13-18-14(21-19-13)9-6-7-11(17)10(16)8-9/h6-8,12H,5,17H2,1-4H3. The predicted octanol–water partition coefficient (Wildman–Crippen LogP) is 4.21. The molecule has 2 aromatic rings. The maximum atomic E-state index is 5.78. The van der Waals surface area contributed by atoms with E-state index >= 15 is 0 Å². The number of hydrogen-bond acceptors (Lipinski definition) is 5. The quantitative estimate of drug-likeness (QED) is 0.833. The fourth-order valence-corrected chi connectivity index (χ4v) is 2.38. The van der Waals surface area contributed by atoms with Crippen LogP contribution in [0.5, 0.6) is 0 Å². The number of hydrogen-bond donors (Lipinski definition) is 1. The Morgan fingerprint density at radius 3 is 2.67 bits per heavy atom. The molecule has 0 radical (unpaired) electrons. The predicted molar refractivity (Wildman–Crippen MR) is 85.7 cm³/mol. The molecule has 21 heavy (non-hydrogen) atoms. The third-order valence-corrected chi connectivity index (χ3v) is 3.73. The van der Waals surface area contributed by atoms with Crippen molar-refractivity contribution >= 4 is 21.6 Å². The van der Waals surface area contributed by atoms with E-state index in [0.717, 1.165) is 10.0 Å². The highest BCUT2D eigenvalue weighted by atomic mass is 79.9. The number of benzene rings is 1. The summed E-state index contributed by atoms with van der Waals surface area (Å²) in [6.07, 6.45) is -0.211. The van der Waals surface area contributed by atoms with Crippen LogP contribution in [0.1, 0.15) is 39.6 Å². The summed E-state index contributed by atoms with van der Waals surface area (Å²) in [5.41, 5.74) is 7.16. The molecule has 2 N–H and O–H groups in total. The summed E-state index contributed by atoms with van der Waals surface area (Å²) in [6, 6.07) is 5.51. The summed E-state index contributed by atoms with van der Waals surface area (Å²) in [4.78, 5) is 4.47. The molecule has 5 nitrogen and oxygen atoms in total. The van der Waals surface area contributed by atoms with Gasteiger partial charge in [0.1, 0.15) is 6.10 Å². The van der Waals surface area contributed by atoms with E-state index < -0.39 is 0 Å². The monoisotopic (exact) mass is 353 g/mol. The molecule has 1 atom stereocenters. The highest BCUT2D eigenvalue weighted by Gasteiger charge is 2.31. The molecule has 6 heteroatoms. The Bertz CT molecular complexity index is 620. The minimum absolute atomic E-state index is 0.112. The number of halogens is 1. The number of nitrogen functional groups attached to an aromatic ring is 1. The van der Waals surface area contributed by atoms with Crippen molar-refractivity contribution in [1.29, 1.82) is 0 Å². The fraction of sp³-hybridized carbons (Fsp3) is 0.467. The van der Waals surface area contributed by atoms with Crippen molar-refractivity contribution in [3.05, 3.63) is 28.5 Å². The van der Waals surface area contributed by atoms with Crippen LogP contribution >= 0.6 is 15.9 Å². The van der Waals surface area contributed by atoms with E-state index in [4.69, 9.17) is 15.0 Å². The van der Waals surface area contributed by atoms with Gasteiger partial charge >= 0.3 is 0 Å². The molecule has 0 saturated heterocycles. The average Bonchev–Trinajstić information content (AvgIpc) is 2.87. The van der Waals surface area contributed by atoms with Gasteiger partial charge in [0.2, 0.25) is 5.82 Å². The summed E-state index contributed by atoms with van der Waals surface area (Å²) in [5, 5.41) is 4.07. The van der Waals surface area contributed by atoms with Crippen LogP contribution in [0.4, 0.5) is 5.69 Å². The van der Waals surface area contributed by atoms with Crippen LogP contribution < -0.4 is 5.73 Å². The lowest BCUT2D eigenvalue weighted by Crippen LogP contribution is -2.22. The Balaban J connectivity index is 2.33. The summed E-state index contributed by atoms with van der Waals surface area (Å²) in [7, 11) is 0. The van der Waals surface area contributed by atoms with Crippen molar-refractivity contribution in [1.82, 2.24) is 10.1 Å². The van der Waals surface area contributed by atoms with E-state index in [0.29, 0.717) is 24.0 Å². The van der Waals surface area contributed by atoms with Crippen LogP contribution in [0.3, 0.4) is 0 Å². The molecular weight excluding hydrogens is 334 g/mol. The fourth-order valence-electron chi connectivity index (χ4n) is 2.00. The van der Waals surface area contributed by atoms with Crippen LogP contribution in [0.25, 0.3) is 11.5 Å². The van der Waals surface area contributed by atoms with Crippen LogP contribution in [0.2, 0.25) is 0 Å². The Hall–Kier alpha value is -1.40. The SMILES string of the molecule is CCOC(c1noc(-c2ccc(N)c(Br)c2)n1)C(C)(C)C. The van der Waals surface area contributed by atoms with E-state index in [2.05, 4.69) is 46.8 Å². The molecular formula is C15H20BrN3O2. The van der Waals surface area contributed by atoms with Gasteiger partial charge in [-0.25, -0.2) is 0 Å². The topological polar surface area (TPSA) is 74.2 Å². The van der Waals surface area contributed by atoms with Crippen LogP contribution in [-0.2, 0) is 4.74 Å². The number of anilines is 1. The summed E-state index contributed by atoms with van der Waals surface area (Å²) < 4.78 is 11.9. The molecule has 0 aliphatic rings. The normalized spacial score (nSPS) is 13.4. The molecule has 1 heterocycles. The Labute approximate surface area is 133 Å². The maximum Gasteiger partial charge on any atom is 0.258 e. The molecule has 0 aliphatic carbocycles. The first-order valence-electron chi connectivity index (χ1n) is 6.83. The molecule has 1 unspecified atom stereocenters. The second kappa shape index (κ2) is 6.15. The largest absolute Gasteiger partial charge is 0.398 e. The van der Waals surface area contributed by atoms with Gasteiger partial charge in [-0.3, -0.25) is 0 Å². The lowest BCUT2D eigenvalue weighted by molar-refractivity contribution is -0.0203. The zero-order valence-electron chi connectivity index (χ0n) is 12.7. The lowest BCUT2D eigenvalue weighted by Gasteiger charge is -2.27. The van der Waals surface area contributed by atoms with Gasteiger partial charge in [-0.2, -0.15) is 4.98 Å². The van der Waals surface area contributed by atoms with E-state index in [-0.39, 0.29) is 11.5 Å². The minimum atomic E-state index is -0.211. The van der Waals surface area contributed by atoms with Crippen LogP contribution in [-0.4, -0.2) is 16.7 Å². The van der Waals surface area contributed by atoms with E-state index in [1.54, 1.807) is 6.07 Å². The lowest BCUT2D eigenvalue weighted by atomic mass is 9.88. The molecule has 114 valence electrons. The van der Waals surface area contributed by atoms with Gasteiger partial charge in [-0.1, -0.05) is 25.9 Å². The second-order valence-corrected chi connectivity index (χ2v) is 6.75. The van der Waals surface area contributed by atoms with Gasteiger partial charge in [0.15, 0.2) is 0 Å². The molecule has 0 saturated carbocycles. The minimum Gasteiger partial charge on any atom is -0.398 e. The van der Waals surface area contributed by atoms with Crippen molar-refractivity contribution in [2.24, 2.45) is 5.41 Å². The smallest absolute Gasteiger partial charge is 0.258 e. The molecule has 1 aromatic heterocycles. The first-order valence-corrected chi connectivity index (χ1v) is 7.63. The van der Waals surface area contributed by atoms with Crippen molar-refractivity contribution in [3.8, 4) is 11.5 Å². The summed E-state index contributed by atoms with van der Waals surface area (Å²) in [5.74, 6) is 1.02. The molecule has 1 aromatic carbocycles. The van der Waals surface area contributed by atoms with Gasteiger partial charge in [0.25, 0.3) is 5.89 Å². The summed E-state index contributed by atoms with van der Waals surface area (Å²) in [6.45, 7) is 8.81. The first-order chi connectivity index (χ1) is 9.82. The number of rotatable bonds is 4. The highest BCUT2D eigenvalue weighted by Crippen LogP contribution is 2.35. The van der Waals surface area contributed by atoms with E-state index in [1.807, 2.05) is 19.1 Å². The van der Waals surface area contributed by atoms with Crippen molar-refractivity contribution < 1.29 is 9.26 Å². The molecule has 0 aliphatic heterocycles. The third-order valence-electron chi connectivity index (χ3n) is 3.04. The number of nitrogens with two attached hydrogens (primary N) is 1. The Morgan fingerprint density at radius 1 is 1.38 bits per heavy atom. The van der Waals surface area contributed by atoms with Crippen LogP contribution in [0, 0.1) is 5.41 Å². The Morgan fingerprint density at radius 2 is 2.10 bits per heavy atom. The number of aromatic nitrogens is 2. The second-order valence-electron chi connectivity index (χ2n) is 5.90. The molecule has 0 amide bonds. The number of ether oxygens (including phenoxy) is 1. The van der Waals surface area contributed by atoms with E-state index in [1.165, 1.54) is 0 Å². The highest BCUT2D eigenvalue weighted by molar-refractivity contribution is 9.10. The third kappa shape index (κ3) is 3.63. The van der Waals surface area contributed by atoms with Gasteiger partial charge in [0.05, 0.1) is 0 Å². The molecule has 2 rings (SSSR count). The van der Waals surface area contributed by atoms with Crippen LogP contribution in [0.15, 0.2) is 27.2 Å². The average molecular weight is 354 g/mol.